The van der Waals surface area contributed by atoms with Crippen molar-refractivity contribution < 1.29 is 13.9 Å². The molecule has 0 spiro atoms. The van der Waals surface area contributed by atoms with Crippen molar-refractivity contribution in [3.05, 3.63) is 60.5 Å². The van der Waals surface area contributed by atoms with Gasteiger partial charge in [-0.3, -0.25) is 9.48 Å². The minimum absolute atomic E-state index is 0.126. The van der Waals surface area contributed by atoms with Crippen molar-refractivity contribution in [2.45, 2.75) is 22.6 Å². The van der Waals surface area contributed by atoms with Gasteiger partial charge in [0.25, 0.3) is 0 Å². The molecule has 1 N–H and O–H groups in total. The van der Waals surface area contributed by atoms with Gasteiger partial charge in [-0.05, 0) is 48.7 Å². The molecule has 1 amide bonds. The summed E-state index contributed by atoms with van der Waals surface area (Å²) in [5, 5.41) is 6.93. The van der Waals surface area contributed by atoms with Crippen LogP contribution in [-0.4, -0.2) is 28.9 Å². The van der Waals surface area contributed by atoms with Crippen molar-refractivity contribution in [2.24, 2.45) is 13.0 Å². The number of hydrogen-bond acceptors (Lipinski definition) is 4. The summed E-state index contributed by atoms with van der Waals surface area (Å²) < 4.78 is 22.1. The Kier molecular flexibility index (Phi) is 5.97. The molecule has 0 atom stereocenters. The molecule has 1 saturated heterocycles. The second-order valence-corrected chi connectivity index (χ2v) is 8.08. The van der Waals surface area contributed by atoms with Gasteiger partial charge in [0, 0.05) is 37.3 Å². The van der Waals surface area contributed by atoms with Crippen LogP contribution in [0.3, 0.4) is 0 Å². The Labute approximate surface area is 173 Å². The van der Waals surface area contributed by atoms with E-state index in [4.69, 9.17) is 4.74 Å². The molecule has 0 saturated carbocycles. The Balaban J connectivity index is 1.47. The van der Waals surface area contributed by atoms with Gasteiger partial charge in [-0.25, -0.2) is 4.39 Å². The first-order valence-corrected chi connectivity index (χ1v) is 10.4. The normalized spacial score (nSPS) is 14.7. The Morgan fingerprint density at radius 2 is 1.93 bits per heavy atom. The fourth-order valence-electron chi connectivity index (χ4n) is 3.36. The molecule has 4 rings (SSSR count). The average molecular weight is 412 g/mol. The second kappa shape index (κ2) is 8.80. The highest BCUT2D eigenvalue weighted by Gasteiger charge is 2.23. The van der Waals surface area contributed by atoms with Crippen LogP contribution < -0.4 is 5.32 Å². The fourth-order valence-corrected chi connectivity index (χ4v) is 4.23. The highest BCUT2D eigenvalue weighted by atomic mass is 32.2. The number of benzene rings is 2. The maximum absolute atomic E-state index is 15.0. The Hall–Kier alpha value is -2.64. The minimum atomic E-state index is -0.409. The van der Waals surface area contributed by atoms with E-state index in [1.807, 2.05) is 42.1 Å². The molecule has 2 aromatic carbocycles. The van der Waals surface area contributed by atoms with Crippen LogP contribution in [0.25, 0.3) is 11.3 Å². The molecule has 1 aliphatic heterocycles. The molecule has 0 aliphatic carbocycles. The molecule has 0 radical (unpaired) electrons. The van der Waals surface area contributed by atoms with E-state index in [-0.39, 0.29) is 17.5 Å². The highest BCUT2D eigenvalue weighted by Crippen LogP contribution is 2.34. The standard InChI is InChI=1S/C22H22FN3O2S/c1-26-19(9-12-24-26)15-5-7-17(8-6-15)29-20-4-2-3-18(21(20)23)25-22(27)16-10-13-28-14-11-16/h2-9,12,16H,10-11,13-14H2,1H3,(H,25,27). The summed E-state index contributed by atoms with van der Waals surface area (Å²) >= 11 is 1.33. The number of nitrogens with one attached hydrogen (secondary N) is 1. The molecule has 1 aliphatic rings. The molecule has 7 heteroatoms. The van der Waals surface area contributed by atoms with Crippen molar-refractivity contribution in [3.63, 3.8) is 0 Å². The zero-order valence-corrected chi connectivity index (χ0v) is 16.9. The first-order chi connectivity index (χ1) is 14.1. The lowest BCUT2D eigenvalue weighted by molar-refractivity contribution is -0.122. The van der Waals surface area contributed by atoms with Gasteiger partial charge < -0.3 is 10.1 Å². The lowest BCUT2D eigenvalue weighted by Gasteiger charge is -2.21. The molecule has 1 aromatic heterocycles. The minimum Gasteiger partial charge on any atom is -0.381 e. The average Bonchev–Trinajstić information content (AvgIpc) is 3.18. The third-order valence-electron chi connectivity index (χ3n) is 5.01. The van der Waals surface area contributed by atoms with E-state index in [9.17, 15) is 9.18 Å². The van der Waals surface area contributed by atoms with Gasteiger partial charge in [0.15, 0.2) is 5.82 Å². The van der Waals surface area contributed by atoms with Crippen LogP contribution in [0.15, 0.2) is 64.5 Å². The smallest absolute Gasteiger partial charge is 0.227 e. The van der Waals surface area contributed by atoms with Gasteiger partial charge in [0.2, 0.25) is 5.91 Å². The number of aromatic nitrogens is 2. The van der Waals surface area contributed by atoms with Gasteiger partial charge >= 0.3 is 0 Å². The first-order valence-electron chi connectivity index (χ1n) is 9.55. The summed E-state index contributed by atoms with van der Waals surface area (Å²) in [6, 6.07) is 14.9. The zero-order chi connectivity index (χ0) is 20.2. The number of amides is 1. The predicted molar refractivity (Wildman–Crippen MR) is 111 cm³/mol. The molecule has 0 unspecified atom stereocenters. The van der Waals surface area contributed by atoms with Crippen molar-refractivity contribution in [1.29, 1.82) is 0 Å². The van der Waals surface area contributed by atoms with Crippen LogP contribution in [0.5, 0.6) is 0 Å². The van der Waals surface area contributed by atoms with Gasteiger partial charge in [0.05, 0.1) is 16.3 Å². The number of halogens is 1. The van der Waals surface area contributed by atoms with Crippen molar-refractivity contribution in [3.8, 4) is 11.3 Å². The van der Waals surface area contributed by atoms with Crippen LogP contribution >= 0.6 is 11.8 Å². The monoisotopic (exact) mass is 411 g/mol. The molecule has 150 valence electrons. The van der Waals surface area contributed by atoms with E-state index in [1.165, 1.54) is 11.8 Å². The van der Waals surface area contributed by atoms with E-state index < -0.39 is 5.82 Å². The van der Waals surface area contributed by atoms with Crippen LogP contribution in [0.2, 0.25) is 0 Å². The number of carbonyl (C=O) groups excluding carboxylic acids is 1. The number of ether oxygens (including phenoxy) is 1. The molecule has 3 aromatic rings. The van der Waals surface area contributed by atoms with Crippen molar-refractivity contribution in [1.82, 2.24) is 9.78 Å². The maximum atomic E-state index is 15.0. The third kappa shape index (κ3) is 4.52. The predicted octanol–water partition coefficient (Wildman–Crippen LogP) is 4.74. The van der Waals surface area contributed by atoms with Gasteiger partial charge in [-0.1, -0.05) is 30.0 Å². The van der Waals surface area contributed by atoms with Crippen molar-refractivity contribution in [2.75, 3.05) is 18.5 Å². The van der Waals surface area contributed by atoms with Crippen LogP contribution in [0.1, 0.15) is 12.8 Å². The lowest BCUT2D eigenvalue weighted by atomic mass is 9.99. The second-order valence-electron chi connectivity index (χ2n) is 6.96. The van der Waals surface area contributed by atoms with Gasteiger partial charge in [-0.2, -0.15) is 5.10 Å². The molecule has 5 nitrogen and oxygen atoms in total. The van der Waals surface area contributed by atoms with E-state index in [1.54, 1.807) is 24.4 Å². The summed E-state index contributed by atoms with van der Waals surface area (Å²) in [6.45, 7) is 1.15. The largest absolute Gasteiger partial charge is 0.381 e. The summed E-state index contributed by atoms with van der Waals surface area (Å²) in [5.74, 6) is -0.678. The van der Waals surface area contributed by atoms with Gasteiger partial charge in [0.1, 0.15) is 0 Å². The van der Waals surface area contributed by atoms with E-state index in [2.05, 4.69) is 10.4 Å². The molecular formula is C22H22FN3O2S. The summed E-state index contributed by atoms with van der Waals surface area (Å²) in [6.07, 6.45) is 3.10. The first kappa shape index (κ1) is 19.7. The fraction of sp³-hybridized carbons (Fsp3) is 0.273. The summed E-state index contributed by atoms with van der Waals surface area (Å²) in [7, 11) is 1.90. The molecule has 0 bridgehead atoms. The number of nitrogens with zero attached hydrogens (tertiary/aromatic N) is 2. The highest BCUT2D eigenvalue weighted by molar-refractivity contribution is 7.99. The Morgan fingerprint density at radius 3 is 2.62 bits per heavy atom. The lowest BCUT2D eigenvalue weighted by Crippen LogP contribution is -2.28. The number of hydrogen-bond donors (Lipinski definition) is 1. The SMILES string of the molecule is Cn1nccc1-c1ccc(Sc2cccc(NC(=O)C3CCOCC3)c2F)cc1. The molecule has 29 heavy (non-hydrogen) atoms. The summed E-state index contributed by atoms with van der Waals surface area (Å²) in [4.78, 5) is 13.8. The molecule has 2 heterocycles. The quantitative estimate of drug-likeness (QED) is 0.659. The number of rotatable bonds is 5. The van der Waals surface area contributed by atoms with E-state index in [0.717, 1.165) is 16.2 Å². The molecular weight excluding hydrogens is 389 g/mol. The topological polar surface area (TPSA) is 56.2 Å². The Morgan fingerprint density at radius 1 is 1.17 bits per heavy atom. The summed E-state index contributed by atoms with van der Waals surface area (Å²) in [5.41, 5.74) is 2.29. The van der Waals surface area contributed by atoms with Crippen LogP contribution in [-0.2, 0) is 16.6 Å². The van der Waals surface area contributed by atoms with Gasteiger partial charge in [-0.15, -0.1) is 0 Å². The van der Waals surface area contributed by atoms with E-state index >= 15 is 0 Å². The number of aryl methyl sites for hydroxylation is 1. The van der Waals surface area contributed by atoms with Crippen LogP contribution in [0, 0.1) is 11.7 Å². The Bertz CT molecular complexity index is 998. The zero-order valence-electron chi connectivity index (χ0n) is 16.1. The van der Waals surface area contributed by atoms with E-state index in [0.29, 0.717) is 31.0 Å². The van der Waals surface area contributed by atoms with Crippen molar-refractivity contribution >= 4 is 23.4 Å². The third-order valence-corrected chi connectivity index (χ3v) is 6.06. The molecule has 1 fully saturated rings. The number of carbonyl (C=O) groups is 1. The maximum Gasteiger partial charge on any atom is 0.227 e. The van der Waals surface area contributed by atoms with Crippen LogP contribution in [0.4, 0.5) is 10.1 Å². The number of anilines is 1.